The van der Waals surface area contributed by atoms with E-state index in [0.29, 0.717) is 18.0 Å². The number of hydrogen-bond acceptors (Lipinski definition) is 3. The maximum Gasteiger partial charge on any atom is 0.227 e. The number of nitrogens with zero attached hydrogens (tertiary/aromatic N) is 4. The second kappa shape index (κ2) is 7.69. The lowest BCUT2D eigenvalue weighted by Gasteiger charge is -2.17. The van der Waals surface area contributed by atoms with Gasteiger partial charge in [0.1, 0.15) is 11.3 Å². The molecule has 1 aromatic carbocycles. The first kappa shape index (κ1) is 18.0. The second-order valence-corrected chi connectivity index (χ2v) is 7.47. The molecule has 0 spiro atoms. The van der Waals surface area contributed by atoms with E-state index in [9.17, 15) is 4.79 Å². The van der Waals surface area contributed by atoms with E-state index < -0.39 is 0 Å². The molecule has 1 saturated heterocycles. The number of rotatable bonds is 5. The fourth-order valence-electron chi connectivity index (χ4n) is 3.85. The van der Waals surface area contributed by atoms with Gasteiger partial charge in [0, 0.05) is 36.8 Å². The fraction of sp³-hybridized carbons (Fsp3) is 0.381. The van der Waals surface area contributed by atoms with Crippen molar-refractivity contribution in [3.63, 3.8) is 0 Å². The molecule has 1 amide bonds. The number of benzene rings is 1. The Kier molecular flexibility index (Phi) is 5.12. The van der Waals surface area contributed by atoms with Gasteiger partial charge in [0.2, 0.25) is 5.91 Å². The van der Waals surface area contributed by atoms with Gasteiger partial charge in [-0.05, 0) is 36.6 Å². The van der Waals surface area contributed by atoms with Crippen LogP contribution in [0.2, 0.25) is 5.02 Å². The number of aryl methyl sites for hydroxylation is 1. The Hall–Kier alpha value is -2.40. The van der Waals surface area contributed by atoms with Gasteiger partial charge in [0.05, 0.1) is 6.42 Å². The van der Waals surface area contributed by atoms with Crippen LogP contribution in [0.4, 0.5) is 0 Å². The first-order chi connectivity index (χ1) is 13.2. The van der Waals surface area contributed by atoms with Crippen molar-refractivity contribution in [3.8, 4) is 0 Å². The van der Waals surface area contributed by atoms with Crippen LogP contribution < -0.4 is 0 Å². The number of hydrogen-bond donors (Lipinski definition) is 0. The van der Waals surface area contributed by atoms with Crippen molar-refractivity contribution in [1.82, 2.24) is 19.4 Å². The molecule has 2 aromatic heterocycles. The van der Waals surface area contributed by atoms with Crippen molar-refractivity contribution in [2.75, 3.05) is 13.1 Å². The largest absolute Gasteiger partial charge is 0.342 e. The molecule has 0 saturated carbocycles. The molecule has 1 aliphatic rings. The summed E-state index contributed by atoms with van der Waals surface area (Å²) in [5.41, 5.74) is 2.76. The molecular formula is C21H23ClN4O. The van der Waals surface area contributed by atoms with Crippen LogP contribution in [0, 0.1) is 0 Å². The summed E-state index contributed by atoms with van der Waals surface area (Å²) < 4.78 is 2.22. The summed E-state index contributed by atoms with van der Waals surface area (Å²) in [6, 6.07) is 11.5. The molecule has 27 heavy (non-hydrogen) atoms. The van der Waals surface area contributed by atoms with Gasteiger partial charge >= 0.3 is 0 Å². The lowest BCUT2D eigenvalue weighted by Crippen LogP contribution is -2.30. The summed E-state index contributed by atoms with van der Waals surface area (Å²) in [6.45, 7) is 4.52. The van der Waals surface area contributed by atoms with Crippen LogP contribution in [-0.2, 0) is 17.8 Å². The Morgan fingerprint density at radius 3 is 2.93 bits per heavy atom. The van der Waals surface area contributed by atoms with Gasteiger partial charge < -0.3 is 9.47 Å². The van der Waals surface area contributed by atoms with E-state index in [0.717, 1.165) is 48.5 Å². The zero-order valence-electron chi connectivity index (χ0n) is 15.4. The van der Waals surface area contributed by atoms with Crippen molar-refractivity contribution in [2.24, 2.45) is 0 Å². The van der Waals surface area contributed by atoms with Crippen molar-refractivity contribution >= 4 is 28.7 Å². The highest BCUT2D eigenvalue weighted by Gasteiger charge is 2.31. The Morgan fingerprint density at radius 1 is 1.26 bits per heavy atom. The van der Waals surface area contributed by atoms with Crippen LogP contribution in [0.5, 0.6) is 0 Å². The van der Waals surface area contributed by atoms with Gasteiger partial charge in [-0.2, -0.15) is 0 Å². The van der Waals surface area contributed by atoms with Gasteiger partial charge in [0.25, 0.3) is 0 Å². The molecule has 0 unspecified atom stereocenters. The van der Waals surface area contributed by atoms with E-state index in [4.69, 9.17) is 16.6 Å². The van der Waals surface area contributed by atoms with Gasteiger partial charge in [0.15, 0.2) is 5.65 Å². The number of imidazole rings is 1. The minimum atomic E-state index is 0.127. The van der Waals surface area contributed by atoms with Gasteiger partial charge in [-0.1, -0.05) is 36.7 Å². The molecule has 140 valence electrons. The summed E-state index contributed by atoms with van der Waals surface area (Å²) in [7, 11) is 0. The zero-order valence-corrected chi connectivity index (χ0v) is 16.2. The van der Waals surface area contributed by atoms with Crippen molar-refractivity contribution in [3.05, 3.63) is 59.0 Å². The third-order valence-electron chi connectivity index (χ3n) is 5.19. The molecule has 0 radical (unpaired) electrons. The summed E-state index contributed by atoms with van der Waals surface area (Å²) in [4.78, 5) is 24.1. The summed E-state index contributed by atoms with van der Waals surface area (Å²) >= 11 is 6.21. The van der Waals surface area contributed by atoms with Crippen LogP contribution in [-0.4, -0.2) is 38.4 Å². The standard InChI is InChI=1S/C21H23ClN4O/c1-2-11-26-20(24-18-8-5-10-23-21(18)26)16-9-12-25(14-16)19(27)13-15-6-3-4-7-17(15)22/h3-8,10,16H,2,9,11-14H2,1H3/t16-/m0/s1. The van der Waals surface area contributed by atoms with Gasteiger partial charge in [-0.25, -0.2) is 9.97 Å². The van der Waals surface area contributed by atoms with E-state index in [1.54, 1.807) is 0 Å². The predicted molar refractivity (Wildman–Crippen MR) is 107 cm³/mol. The average molecular weight is 383 g/mol. The van der Waals surface area contributed by atoms with E-state index in [1.165, 1.54) is 0 Å². The number of likely N-dealkylation sites (tertiary alicyclic amines) is 1. The van der Waals surface area contributed by atoms with Crippen LogP contribution in [0.15, 0.2) is 42.6 Å². The van der Waals surface area contributed by atoms with E-state index in [-0.39, 0.29) is 11.8 Å². The smallest absolute Gasteiger partial charge is 0.227 e. The summed E-state index contributed by atoms with van der Waals surface area (Å²) in [6.07, 6.45) is 4.12. The molecule has 0 bridgehead atoms. The minimum Gasteiger partial charge on any atom is -0.342 e. The van der Waals surface area contributed by atoms with Crippen LogP contribution in [0.1, 0.15) is 37.1 Å². The lowest BCUT2D eigenvalue weighted by molar-refractivity contribution is -0.129. The number of carbonyl (C=O) groups is 1. The third kappa shape index (κ3) is 3.56. The topological polar surface area (TPSA) is 51.0 Å². The molecule has 6 heteroatoms. The quantitative estimate of drug-likeness (QED) is 0.668. The fourth-order valence-corrected chi connectivity index (χ4v) is 4.05. The van der Waals surface area contributed by atoms with E-state index >= 15 is 0 Å². The highest BCUT2D eigenvalue weighted by molar-refractivity contribution is 6.31. The first-order valence-electron chi connectivity index (χ1n) is 9.49. The summed E-state index contributed by atoms with van der Waals surface area (Å²) in [5, 5.41) is 0.650. The molecule has 0 aliphatic carbocycles. The zero-order chi connectivity index (χ0) is 18.8. The molecule has 0 N–H and O–H groups in total. The van der Waals surface area contributed by atoms with Crippen molar-refractivity contribution in [2.45, 2.75) is 38.6 Å². The summed E-state index contributed by atoms with van der Waals surface area (Å²) in [5.74, 6) is 1.43. The highest BCUT2D eigenvalue weighted by atomic mass is 35.5. The minimum absolute atomic E-state index is 0.127. The Bertz CT molecular complexity index is 968. The number of pyridine rings is 1. The maximum atomic E-state index is 12.8. The molecule has 1 aliphatic heterocycles. The van der Waals surface area contributed by atoms with Crippen molar-refractivity contribution < 1.29 is 4.79 Å². The van der Waals surface area contributed by atoms with Gasteiger partial charge in [-0.15, -0.1) is 0 Å². The third-order valence-corrected chi connectivity index (χ3v) is 5.55. The average Bonchev–Trinajstić information content (AvgIpc) is 3.29. The predicted octanol–water partition coefficient (Wildman–Crippen LogP) is 4.05. The molecule has 1 atom stereocenters. The SMILES string of the molecule is CCCn1c([C@H]2CCN(C(=O)Cc3ccccc3Cl)C2)nc2cccnc21. The molecule has 5 nitrogen and oxygen atoms in total. The number of fused-ring (bicyclic) bond motifs is 1. The lowest BCUT2D eigenvalue weighted by atomic mass is 10.1. The normalized spacial score (nSPS) is 17.0. The van der Waals surface area contributed by atoms with Crippen LogP contribution in [0.3, 0.4) is 0 Å². The molecule has 3 aromatic rings. The van der Waals surface area contributed by atoms with E-state index in [1.807, 2.05) is 47.5 Å². The Morgan fingerprint density at radius 2 is 2.11 bits per heavy atom. The number of amides is 1. The monoisotopic (exact) mass is 382 g/mol. The Balaban J connectivity index is 1.53. The Labute approximate surface area is 164 Å². The van der Waals surface area contributed by atoms with E-state index in [2.05, 4.69) is 16.5 Å². The first-order valence-corrected chi connectivity index (χ1v) is 9.87. The number of halogens is 1. The van der Waals surface area contributed by atoms with Crippen LogP contribution >= 0.6 is 11.6 Å². The number of aromatic nitrogens is 3. The maximum absolute atomic E-state index is 12.8. The van der Waals surface area contributed by atoms with Gasteiger partial charge in [-0.3, -0.25) is 4.79 Å². The number of carbonyl (C=O) groups excluding carboxylic acids is 1. The molecule has 1 fully saturated rings. The molecule has 4 rings (SSSR count). The van der Waals surface area contributed by atoms with Crippen molar-refractivity contribution in [1.29, 1.82) is 0 Å². The molecular weight excluding hydrogens is 360 g/mol. The van der Waals surface area contributed by atoms with Crippen LogP contribution in [0.25, 0.3) is 11.2 Å². The molecule has 3 heterocycles. The highest BCUT2D eigenvalue weighted by Crippen LogP contribution is 2.30. The second-order valence-electron chi connectivity index (χ2n) is 7.06.